The Hall–Kier alpha value is -2.56. The van der Waals surface area contributed by atoms with Gasteiger partial charge < -0.3 is 29.7 Å². The number of esters is 1. The average Bonchev–Trinajstić information content (AvgIpc) is 3.32. The summed E-state index contributed by atoms with van der Waals surface area (Å²) in [6.07, 6.45) is 6.73. The number of halogens is 3. The number of ether oxygens (including phenoxy) is 2. The second-order valence-corrected chi connectivity index (χ2v) is 12.6. The largest absolute Gasteiger partial charge is 0.491 e. The van der Waals surface area contributed by atoms with Crippen molar-refractivity contribution >= 4 is 5.97 Å². The molecule has 1 aliphatic carbocycles. The minimum absolute atomic E-state index is 0.0189. The zero-order chi connectivity index (χ0) is 34.9. The molecule has 0 radical (unpaired) electrons. The number of hydrogen-bond donors (Lipinski definition) is 5. The van der Waals surface area contributed by atoms with Crippen LogP contribution in [0.3, 0.4) is 0 Å². The molecule has 14 heteroatoms. The Bertz CT molecular complexity index is 1130. The number of piperidine rings is 1. The van der Waals surface area contributed by atoms with E-state index in [4.69, 9.17) is 19.9 Å². The lowest BCUT2D eigenvalue weighted by Gasteiger charge is -2.31. The van der Waals surface area contributed by atoms with E-state index in [0.29, 0.717) is 38.2 Å². The summed E-state index contributed by atoms with van der Waals surface area (Å²) in [5, 5.41) is 48.1. The minimum atomic E-state index is -4.50. The molecule has 272 valence electrons. The third-order valence-electron chi connectivity index (χ3n) is 8.93. The fourth-order valence-corrected chi connectivity index (χ4v) is 6.26. The molecule has 5 atom stereocenters. The number of carbonyl (C=O) groups excluding carboxylic acids is 1. The fourth-order valence-electron chi connectivity index (χ4n) is 6.26. The number of unbranched alkanes of at least 4 members (excludes halogenated alkanes) is 1. The van der Waals surface area contributed by atoms with E-state index in [1.54, 1.807) is 6.08 Å². The van der Waals surface area contributed by atoms with Crippen LogP contribution in [-0.2, 0) is 20.5 Å². The lowest BCUT2D eigenvalue weighted by atomic mass is 9.89. The minimum Gasteiger partial charge on any atom is -0.491 e. The first-order valence-electron chi connectivity index (χ1n) is 16.8. The molecule has 0 bridgehead atoms. The van der Waals surface area contributed by atoms with Crippen molar-refractivity contribution in [2.45, 2.75) is 88.7 Å². The Labute approximate surface area is 280 Å². The highest BCUT2D eigenvalue weighted by Gasteiger charge is 2.39. The number of nitrogens with zero attached hydrogens (tertiary/aromatic N) is 2. The van der Waals surface area contributed by atoms with Crippen LogP contribution in [0.4, 0.5) is 13.2 Å². The van der Waals surface area contributed by atoms with Gasteiger partial charge in [-0.05, 0) is 94.5 Å². The first kappa shape index (κ1) is 39.9. The Morgan fingerprint density at radius 2 is 1.83 bits per heavy atom. The maximum atomic E-state index is 12.9. The van der Waals surface area contributed by atoms with Crippen LogP contribution in [0, 0.1) is 17.8 Å². The zero-order valence-corrected chi connectivity index (χ0v) is 27.3. The molecular formula is C34H51F3N2O9. The van der Waals surface area contributed by atoms with Gasteiger partial charge in [0, 0.05) is 25.3 Å². The summed E-state index contributed by atoms with van der Waals surface area (Å²) in [6.45, 7) is 3.25. The molecule has 1 saturated heterocycles. The molecule has 48 heavy (non-hydrogen) atoms. The van der Waals surface area contributed by atoms with Crippen molar-refractivity contribution in [2.24, 2.45) is 17.8 Å². The van der Waals surface area contributed by atoms with Gasteiger partial charge in [-0.15, -0.1) is 0 Å². The highest BCUT2D eigenvalue weighted by molar-refractivity contribution is 5.69. The SMILES string of the molecule is O=C(CCC/C=C\C[C@@H]1[C@@H](/C=C/[C@@H](O)COc2cccc(C(F)(F)F)c2)[C@H](O)C[C@@H]1O)OCCCN1CCC(CCCON(O)O)CC1. The molecular weight excluding hydrogens is 637 g/mol. The monoisotopic (exact) mass is 688 g/mol. The van der Waals surface area contributed by atoms with Crippen LogP contribution < -0.4 is 4.74 Å². The van der Waals surface area contributed by atoms with Crippen molar-refractivity contribution in [1.29, 1.82) is 0 Å². The lowest BCUT2D eigenvalue weighted by Crippen LogP contribution is -2.35. The van der Waals surface area contributed by atoms with Crippen LogP contribution in [-0.4, -0.2) is 99.8 Å². The lowest BCUT2D eigenvalue weighted by molar-refractivity contribution is -0.492. The molecule has 0 spiro atoms. The van der Waals surface area contributed by atoms with Crippen LogP contribution in [0.25, 0.3) is 0 Å². The molecule has 1 aromatic rings. The van der Waals surface area contributed by atoms with E-state index in [1.165, 1.54) is 18.2 Å². The molecule has 0 amide bonds. The van der Waals surface area contributed by atoms with E-state index in [2.05, 4.69) is 9.74 Å². The molecule has 5 N–H and O–H groups in total. The van der Waals surface area contributed by atoms with Gasteiger partial charge in [-0.1, -0.05) is 30.4 Å². The van der Waals surface area contributed by atoms with E-state index < -0.39 is 36.0 Å². The molecule has 3 rings (SSSR count). The topological polar surface area (TPSA) is 152 Å². The van der Waals surface area contributed by atoms with Gasteiger partial charge in [-0.2, -0.15) is 13.2 Å². The number of carbonyl (C=O) groups is 1. The van der Waals surface area contributed by atoms with Crippen LogP contribution in [0.2, 0.25) is 0 Å². The number of rotatable bonds is 20. The number of allylic oxidation sites excluding steroid dienone is 2. The van der Waals surface area contributed by atoms with Crippen molar-refractivity contribution in [1.82, 2.24) is 10.3 Å². The van der Waals surface area contributed by atoms with E-state index in [-0.39, 0.29) is 42.7 Å². The molecule has 1 aliphatic heterocycles. The number of likely N-dealkylation sites (tertiary alicyclic amines) is 1. The highest BCUT2D eigenvalue weighted by Crippen LogP contribution is 2.36. The van der Waals surface area contributed by atoms with Gasteiger partial charge >= 0.3 is 12.1 Å². The van der Waals surface area contributed by atoms with E-state index in [1.807, 2.05) is 12.2 Å². The van der Waals surface area contributed by atoms with Gasteiger partial charge in [-0.25, -0.2) is 0 Å². The Morgan fingerprint density at radius 1 is 1.06 bits per heavy atom. The number of benzene rings is 1. The molecule has 1 aromatic carbocycles. The maximum Gasteiger partial charge on any atom is 0.416 e. The zero-order valence-electron chi connectivity index (χ0n) is 27.3. The molecule has 0 aromatic heterocycles. The van der Waals surface area contributed by atoms with Gasteiger partial charge in [0.2, 0.25) is 0 Å². The first-order chi connectivity index (χ1) is 22.9. The van der Waals surface area contributed by atoms with Crippen molar-refractivity contribution in [3.05, 3.63) is 54.1 Å². The maximum absolute atomic E-state index is 12.9. The van der Waals surface area contributed by atoms with E-state index >= 15 is 0 Å². The summed E-state index contributed by atoms with van der Waals surface area (Å²) in [6, 6.07) is 4.40. The Morgan fingerprint density at radius 3 is 2.56 bits per heavy atom. The second kappa shape index (κ2) is 20.8. The predicted octanol–water partition coefficient (Wildman–Crippen LogP) is 4.91. The molecule has 1 heterocycles. The number of aliphatic hydroxyl groups is 3. The summed E-state index contributed by atoms with van der Waals surface area (Å²) < 4.78 is 49.4. The predicted molar refractivity (Wildman–Crippen MR) is 169 cm³/mol. The Balaban J connectivity index is 1.26. The molecule has 0 unspecified atom stereocenters. The number of alkyl halides is 3. The van der Waals surface area contributed by atoms with Crippen molar-refractivity contribution in [2.75, 3.05) is 39.5 Å². The summed E-state index contributed by atoms with van der Waals surface area (Å²) in [5.74, 6) is -0.342. The number of aliphatic hydroxyl groups excluding tert-OH is 3. The summed E-state index contributed by atoms with van der Waals surface area (Å²) in [5.41, 5.74) is -0.846. The third kappa shape index (κ3) is 14.9. The van der Waals surface area contributed by atoms with Gasteiger partial charge in [0.05, 0.1) is 36.4 Å². The second-order valence-electron chi connectivity index (χ2n) is 12.6. The average molecular weight is 689 g/mol. The van der Waals surface area contributed by atoms with Crippen LogP contribution >= 0.6 is 0 Å². The first-order valence-corrected chi connectivity index (χ1v) is 16.8. The van der Waals surface area contributed by atoms with Crippen molar-refractivity contribution in [3.63, 3.8) is 0 Å². The quantitative estimate of drug-likeness (QED) is 0.0550. The van der Waals surface area contributed by atoms with Crippen LogP contribution in [0.15, 0.2) is 48.6 Å². The van der Waals surface area contributed by atoms with E-state index in [9.17, 15) is 33.3 Å². The van der Waals surface area contributed by atoms with Gasteiger partial charge in [0.25, 0.3) is 0 Å². The highest BCUT2D eigenvalue weighted by atomic mass is 19.4. The Kier molecular flexibility index (Phi) is 17.3. The molecule has 2 aliphatic rings. The number of hydrogen-bond acceptors (Lipinski definition) is 11. The van der Waals surface area contributed by atoms with Gasteiger partial charge in [0.15, 0.2) is 0 Å². The van der Waals surface area contributed by atoms with Gasteiger partial charge in [0.1, 0.15) is 18.5 Å². The van der Waals surface area contributed by atoms with E-state index in [0.717, 1.165) is 63.9 Å². The summed E-state index contributed by atoms with van der Waals surface area (Å²) >= 11 is 0. The van der Waals surface area contributed by atoms with Crippen LogP contribution in [0.1, 0.15) is 69.8 Å². The van der Waals surface area contributed by atoms with Crippen molar-refractivity contribution in [3.8, 4) is 5.75 Å². The summed E-state index contributed by atoms with van der Waals surface area (Å²) in [4.78, 5) is 19.1. The molecule has 11 nitrogen and oxygen atoms in total. The molecule has 1 saturated carbocycles. The standard InChI is InChI=1S/C34H51F3N2O9/c35-34(36,37)26-9-5-10-28(22-26)47-24-27(40)13-14-30-29(31(41)23-32(30)42)11-3-1-2-4-12-33(43)46-20-7-17-38-18-15-25(16-19-38)8-6-21-48-39(44)45/h1,3,5,9-10,13-14,22,25,27,29-32,40-42,44-45H,2,4,6-8,11-12,15-21,23-24H2/b3-1-,14-13+/t27-,29-,30-,31+,32-/m1/s1. The van der Waals surface area contributed by atoms with Gasteiger partial charge in [-0.3, -0.25) is 20.0 Å². The summed E-state index contributed by atoms with van der Waals surface area (Å²) in [7, 11) is 0. The normalized spacial score (nSPS) is 23.4. The van der Waals surface area contributed by atoms with Crippen molar-refractivity contribution < 1.29 is 58.0 Å². The van der Waals surface area contributed by atoms with Crippen LogP contribution in [0.5, 0.6) is 5.75 Å². The third-order valence-corrected chi connectivity index (χ3v) is 8.93. The smallest absolute Gasteiger partial charge is 0.416 e. The fraction of sp³-hybridized carbons (Fsp3) is 0.676. The molecule has 2 fully saturated rings.